The molecule has 6 unspecified atom stereocenters. The standard InChI is InChI=1S/C23H29NO8/c1-12-9-16(30-13(2)25)10-15-5-6-18-17-7-8-19(31-14(3)26)22(17,4)11-20(32-24(28)29)23(18,27)21(12)15/h9-10,17-20,27H,5-8,11H2,1-4H3. The molecule has 0 spiro atoms. The van der Waals surface area contributed by atoms with Crippen LogP contribution in [0.1, 0.15) is 63.1 Å². The fourth-order valence-corrected chi connectivity index (χ4v) is 6.79. The number of hydrogen-bond donors (Lipinski definition) is 1. The number of carbonyl (C=O) groups is 2. The van der Waals surface area contributed by atoms with E-state index in [1.54, 1.807) is 19.1 Å². The number of aliphatic hydroxyl groups is 1. The van der Waals surface area contributed by atoms with Crippen molar-refractivity contribution in [2.75, 3.05) is 0 Å². The fourth-order valence-electron chi connectivity index (χ4n) is 6.79. The van der Waals surface area contributed by atoms with E-state index in [0.29, 0.717) is 36.1 Å². The Balaban J connectivity index is 1.82. The van der Waals surface area contributed by atoms with E-state index in [9.17, 15) is 24.8 Å². The number of aryl methyl sites for hydroxylation is 2. The Labute approximate surface area is 186 Å². The lowest BCUT2D eigenvalue weighted by Crippen LogP contribution is -2.62. The van der Waals surface area contributed by atoms with Gasteiger partial charge >= 0.3 is 11.9 Å². The molecule has 0 heterocycles. The average Bonchev–Trinajstić information content (AvgIpc) is 2.96. The molecule has 3 aliphatic carbocycles. The van der Waals surface area contributed by atoms with Gasteiger partial charge in [-0.05, 0) is 79.7 Å². The molecule has 9 nitrogen and oxygen atoms in total. The van der Waals surface area contributed by atoms with Crippen molar-refractivity contribution >= 4 is 11.9 Å². The molecule has 2 fully saturated rings. The Hall–Kier alpha value is -2.68. The van der Waals surface area contributed by atoms with E-state index in [-0.39, 0.29) is 30.3 Å². The fraction of sp³-hybridized carbons (Fsp3) is 0.652. The Morgan fingerprint density at radius 3 is 2.47 bits per heavy atom. The van der Waals surface area contributed by atoms with Gasteiger partial charge in [-0.1, -0.05) is 6.92 Å². The number of rotatable bonds is 4. The van der Waals surface area contributed by atoms with Gasteiger partial charge in [0, 0.05) is 19.3 Å². The first-order valence-corrected chi connectivity index (χ1v) is 11.0. The van der Waals surface area contributed by atoms with Crippen molar-refractivity contribution < 1.29 is 34.1 Å². The summed E-state index contributed by atoms with van der Waals surface area (Å²) >= 11 is 0. The second-order valence-corrected chi connectivity index (χ2v) is 9.65. The van der Waals surface area contributed by atoms with E-state index in [4.69, 9.17) is 14.3 Å². The Morgan fingerprint density at radius 1 is 1.12 bits per heavy atom. The van der Waals surface area contributed by atoms with Gasteiger partial charge in [0.2, 0.25) is 0 Å². The predicted molar refractivity (Wildman–Crippen MR) is 111 cm³/mol. The van der Waals surface area contributed by atoms with Crippen molar-refractivity contribution in [1.82, 2.24) is 0 Å². The molecular weight excluding hydrogens is 418 g/mol. The molecule has 1 N–H and O–H groups in total. The van der Waals surface area contributed by atoms with Gasteiger partial charge in [0.15, 0.2) is 0 Å². The summed E-state index contributed by atoms with van der Waals surface area (Å²) in [6, 6.07) is 3.40. The molecule has 1 aromatic carbocycles. The molecule has 6 atom stereocenters. The highest BCUT2D eigenvalue weighted by molar-refractivity contribution is 5.69. The van der Waals surface area contributed by atoms with Gasteiger partial charge < -0.3 is 19.4 Å². The summed E-state index contributed by atoms with van der Waals surface area (Å²) in [5.41, 5.74) is 0.00630. The third kappa shape index (κ3) is 3.43. The molecule has 0 aliphatic heterocycles. The highest BCUT2D eigenvalue weighted by Gasteiger charge is 2.66. The summed E-state index contributed by atoms with van der Waals surface area (Å²) in [5.74, 6) is -0.713. The third-order valence-corrected chi connectivity index (χ3v) is 7.79. The molecule has 2 saturated carbocycles. The van der Waals surface area contributed by atoms with Crippen LogP contribution >= 0.6 is 0 Å². The quantitative estimate of drug-likeness (QED) is 0.323. The number of nitrogens with zero attached hydrogens (tertiary/aromatic N) is 1. The summed E-state index contributed by atoms with van der Waals surface area (Å²) < 4.78 is 10.9. The average molecular weight is 447 g/mol. The minimum Gasteiger partial charge on any atom is -0.462 e. The van der Waals surface area contributed by atoms with Crippen LogP contribution in [-0.4, -0.2) is 34.3 Å². The van der Waals surface area contributed by atoms with Gasteiger partial charge in [-0.3, -0.25) is 9.59 Å². The molecule has 1 aromatic rings. The highest BCUT2D eigenvalue weighted by Crippen LogP contribution is 2.64. The van der Waals surface area contributed by atoms with Crippen LogP contribution < -0.4 is 4.74 Å². The topological polar surface area (TPSA) is 125 Å². The largest absolute Gasteiger partial charge is 0.462 e. The Kier molecular flexibility index (Phi) is 5.43. The lowest BCUT2D eigenvalue weighted by molar-refractivity contribution is -0.775. The summed E-state index contributed by atoms with van der Waals surface area (Å²) in [5, 5.41) is 22.8. The van der Waals surface area contributed by atoms with Gasteiger partial charge in [-0.2, -0.15) is 0 Å². The third-order valence-electron chi connectivity index (χ3n) is 7.79. The molecule has 0 saturated heterocycles. The summed E-state index contributed by atoms with van der Waals surface area (Å²) in [6.07, 6.45) is 1.33. The van der Waals surface area contributed by atoms with Crippen molar-refractivity contribution in [3.8, 4) is 5.75 Å². The number of fused-ring (bicyclic) bond motifs is 5. The number of hydrogen-bond acceptors (Lipinski definition) is 8. The van der Waals surface area contributed by atoms with Gasteiger partial charge in [0.1, 0.15) is 23.6 Å². The van der Waals surface area contributed by atoms with Crippen LogP contribution in [-0.2, 0) is 31.2 Å². The van der Waals surface area contributed by atoms with Gasteiger partial charge in [-0.15, -0.1) is 10.1 Å². The van der Waals surface area contributed by atoms with Crippen LogP contribution in [0.2, 0.25) is 0 Å². The van der Waals surface area contributed by atoms with Crippen molar-refractivity contribution in [1.29, 1.82) is 0 Å². The second kappa shape index (κ2) is 7.72. The zero-order chi connectivity index (χ0) is 23.4. The SMILES string of the molecule is CC(=O)Oc1cc(C)c2c(c1)CCC1C3CCC(OC(C)=O)C3(C)CC(O[N+](=O)[O-])C21O. The molecule has 0 aromatic heterocycles. The maximum absolute atomic E-state index is 12.2. The predicted octanol–water partition coefficient (Wildman–Crippen LogP) is 3.00. The van der Waals surface area contributed by atoms with Gasteiger partial charge in [-0.25, -0.2) is 0 Å². The van der Waals surface area contributed by atoms with Crippen molar-refractivity contribution in [2.24, 2.45) is 17.3 Å². The molecule has 32 heavy (non-hydrogen) atoms. The van der Waals surface area contributed by atoms with Crippen LogP contribution in [0, 0.1) is 34.3 Å². The number of esters is 2. The van der Waals surface area contributed by atoms with Crippen LogP contribution in [0.3, 0.4) is 0 Å². The van der Waals surface area contributed by atoms with Crippen molar-refractivity contribution in [2.45, 2.75) is 77.6 Å². The lowest BCUT2D eigenvalue weighted by atomic mass is 9.51. The Morgan fingerprint density at radius 2 is 1.84 bits per heavy atom. The molecular formula is C23H29NO8. The first-order chi connectivity index (χ1) is 15.0. The smallest absolute Gasteiger partial charge is 0.308 e. The van der Waals surface area contributed by atoms with E-state index in [1.165, 1.54) is 13.8 Å². The minimum absolute atomic E-state index is 0.0177. The van der Waals surface area contributed by atoms with Gasteiger partial charge in [0.25, 0.3) is 5.09 Å². The van der Waals surface area contributed by atoms with E-state index in [2.05, 4.69) is 0 Å². The summed E-state index contributed by atoms with van der Waals surface area (Å²) in [6.45, 7) is 6.47. The summed E-state index contributed by atoms with van der Waals surface area (Å²) in [4.78, 5) is 39.7. The molecule has 9 heteroatoms. The number of carbonyl (C=O) groups excluding carboxylic acids is 2. The minimum atomic E-state index is -1.57. The number of benzene rings is 1. The monoisotopic (exact) mass is 447 g/mol. The maximum Gasteiger partial charge on any atom is 0.308 e. The van der Waals surface area contributed by atoms with Crippen LogP contribution in [0.5, 0.6) is 5.75 Å². The molecule has 0 amide bonds. The summed E-state index contributed by atoms with van der Waals surface area (Å²) in [7, 11) is 0. The molecule has 4 rings (SSSR count). The van der Waals surface area contributed by atoms with Crippen LogP contribution in [0.25, 0.3) is 0 Å². The zero-order valence-electron chi connectivity index (χ0n) is 18.8. The van der Waals surface area contributed by atoms with E-state index in [1.807, 2.05) is 6.92 Å². The zero-order valence-corrected chi connectivity index (χ0v) is 18.8. The first-order valence-electron chi connectivity index (χ1n) is 11.0. The van der Waals surface area contributed by atoms with E-state index in [0.717, 1.165) is 12.0 Å². The lowest BCUT2D eigenvalue weighted by Gasteiger charge is -2.57. The molecule has 0 radical (unpaired) electrons. The van der Waals surface area contributed by atoms with E-state index < -0.39 is 28.2 Å². The second-order valence-electron chi connectivity index (χ2n) is 9.65. The van der Waals surface area contributed by atoms with Crippen molar-refractivity contribution in [3.63, 3.8) is 0 Å². The van der Waals surface area contributed by atoms with E-state index >= 15 is 0 Å². The molecule has 3 aliphatic rings. The first kappa shape index (κ1) is 22.5. The Bertz CT molecular complexity index is 977. The normalized spacial score (nSPS) is 35.2. The number of ether oxygens (including phenoxy) is 2. The highest BCUT2D eigenvalue weighted by atomic mass is 17.0. The van der Waals surface area contributed by atoms with Crippen molar-refractivity contribution in [3.05, 3.63) is 38.9 Å². The maximum atomic E-state index is 12.2. The molecule has 0 bridgehead atoms. The van der Waals surface area contributed by atoms with Crippen LogP contribution in [0.4, 0.5) is 0 Å². The molecule has 174 valence electrons. The van der Waals surface area contributed by atoms with Crippen LogP contribution in [0.15, 0.2) is 12.1 Å². The van der Waals surface area contributed by atoms with Gasteiger partial charge in [0.05, 0.1) is 0 Å².